The fraction of sp³-hybridized carbons (Fsp3) is 0.548. The number of allylic oxidation sites excluding steroid dienone is 2. The first kappa shape index (κ1) is 50.4. The Kier molecular flexibility index (Phi) is 15.0. The average molecular weight is 1020 g/mol. The number of hydrogen-bond donors (Lipinski definition) is 0. The van der Waals surface area contributed by atoms with E-state index in [9.17, 15) is 17.0 Å². The Balaban J connectivity index is 1.34. The molecule has 355 valence electrons. The van der Waals surface area contributed by atoms with Gasteiger partial charge >= 0.3 is 415 Å². The van der Waals surface area contributed by atoms with E-state index in [-0.39, 0.29) is 28.9 Å². The van der Waals surface area contributed by atoms with Gasteiger partial charge in [-0.3, -0.25) is 0 Å². The van der Waals surface area contributed by atoms with Crippen LogP contribution in [0, 0.1) is 10.8 Å². The van der Waals surface area contributed by atoms with Crippen LogP contribution in [0.3, 0.4) is 0 Å². The first-order valence-electron chi connectivity index (χ1n) is 26.7. The fourth-order valence-corrected chi connectivity index (χ4v) is 44.7. The van der Waals surface area contributed by atoms with Gasteiger partial charge in [0, 0.05) is 0 Å². The molecule has 2 saturated carbocycles. The van der Waals surface area contributed by atoms with Gasteiger partial charge in [-0.2, -0.15) is 0 Å². The number of benzene rings is 4. The molecule has 0 bridgehead atoms. The van der Waals surface area contributed by atoms with Gasteiger partial charge in [0.15, 0.2) is 0 Å². The molecule has 66 heavy (non-hydrogen) atoms. The van der Waals surface area contributed by atoms with Crippen molar-refractivity contribution in [3.63, 3.8) is 0 Å². The van der Waals surface area contributed by atoms with Crippen molar-refractivity contribution in [1.29, 1.82) is 0 Å². The van der Waals surface area contributed by atoms with E-state index in [1.54, 1.807) is 11.1 Å². The van der Waals surface area contributed by atoms with E-state index in [0.717, 1.165) is 12.8 Å². The molecule has 2 fully saturated rings. The molecule has 0 saturated heterocycles. The molecule has 0 aliphatic heterocycles. The quantitative estimate of drug-likeness (QED) is 0.147. The van der Waals surface area contributed by atoms with Crippen molar-refractivity contribution < 1.29 is 15.6 Å². The molecule has 0 N–H and O–H groups in total. The van der Waals surface area contributed by atoms with Crippen molar-refractivity contribution in [3.8, 4) is 22.3 Å². The summed E-state index contributed by atoms with van der Waals surface area (Å²) < 4.78 is 0.161. The zero-order valence-corrected chi connectivity index (χ0v) is 48.1. The van der Waals surface area contributed by atoms with Crippen LogP contribution in [0.4, 0.5) is 0 Å². The summed E-state index contributed by atoms with van der Waals surface area (Å²) in [5.41, 5.74) is 17.5. The second-order valence-corrected chi connectivity index (χ2v) is 67.7. The molecule has 4 aromatic carbocycles. The van der Waals surface area contributed by atoms with Crippen molar-refractivity contribution in [3.05, 3.63) is 129 Å². The maximum atomic E-state index is 9.38. The maximum absolute atomic E-state index is 9.38. The van der Waals surface area contributed by atoms with Gasteiger partial charge < -0.3 is 0 Å². The Morgan fingerprint density at radius 1 is 0.485 bits per heavy atom. The molecule has 0 aromatic heterocycles. The molecule has 0 radical (unpaired) electrons. The monoisotopic (exact) mass is 1020 g/mol. The number of fused-ring (bicyclic) bond motifs is 2. The Morgan fingerprint density at radius 2 is 0.803 bits per heavy atom. The molecule has 2 unspecified atom stereocenters. The molecular weight excluding hydrogens is 935 g/mol. The molecule has 8 rings (SSSR count). The summed E-state index contributed by atoms with van der Waals surface area (Å²) in [4.78, 5) is 0. The molecule has 4 aliphatic rings. The van der Waals surface area contributed by atoms with E-state index in [1.165, 1.54) is 158 Å². The van der Waals surface area contributed by atoms with Gasteiger partial charge in [-0.1, -0.05) is 0 Å². The summed E-state index contributed by atoms with van der Waals surface area (Å²) in [7, 11) is 18.8. The Hall–Kier alpha value is -1.96. The first-order chi connectivity index (χ1) is 31.2. The Bertz CT molecular complexity index is 2220. The summed E-state index contributed by atoms with van der Waals surface area (Å²) in [5.74, 6) is -1.79. The van der Waals surface area contributed by atoms with Crippen LogP contribution in [0.25, 0.3) is 34.4 Å². The van der Waals surface area contributed by atoms with Crippen LogP contribution in [0.1, 0.15) is 212 Å². The van der Waals surface area contributed by atoms with Gasteiger partial charge in [0.25, 0.3) is 0 Å². The number of hydrogen-bond acceptors (Lipinski definition) is 0. The second-order valence-electron chi connectivity index (χ2n) is 25.2. The predicted octanol–water partition coefficient (Wildman–Crippen LogP) is 20.2. The average Bonchev–Trinajstić information content (AvgIpc) is 3.88. The van der Waals surface area contributed by atoms with Crippen LogP contribution in [-0.2, 0) is 26.4 Å². The Labute approximate surface area is 412 Å². The second kappa shape index (κ2) is 19.7. The van der Waals surface area contributed by atoms with Crippen molar-refractivity contribution in [2.45, 2.75) is 202 Å². The molecular formula is C62H85Cl2SiZr. The van der Waals surface area contributed by atoms with E-state index in [4.69, 9.17) is 0 Å². The molecule has 4 aliphatic carbocycles. The molecule has 0 nitrogen and oxygen atoms in total. The standard InChI is InChI=1S/2C30H39.C2H7Si.2ClH.Zr/c2*1-29(2,3)26-16-14-24(15-17-26)27-13-11-12-25-20-23(21-28(25)27)22-30(4)18-9-7-5-6-8-10-19-30;1-3-2;;;/h2*11-17,20-21H,5-10,18-19,22H2,1-4H3;3H,1-2H3;2*1H;/q;;;;;+2/p-2. The van der Waals surface area contributed by atoms with Gasteiger partial charge in [-0.05, 0) is 0 Å². The predicted molar refractivity (Wildman–Crippen MR) is 292 cm³/mol. The summed E-state index contributed by atoms with van der Waals surface area (Å²) in [6.07, 6.45) is 28.9. The van der Waals surface area contributed by atoms with Crippen LogP contribution >= 0.6 is 17.0 Å². The molecule has 0 heterocycles. The molecule has 0 spiro atoms. The van der Waals surface area contributed by atoms with Crippen LogP contribution < -0.4 is 0 Å². The van der Waals surface area contributed by atoms with Crippen molar-refractivity contribution in [1.82, 2.24) is 0 Å². The van der Waals surface area contributed by atoms with Crippen LogP contribution in [0.5, 0.6) is 0 Å². The summed E-state index contributed by atoms with van der Waals surface area (Å²) in [5, 5.41) is 0. The number of rotatable bonds is 9. The van der Waals surface area contributed by atoms with Gasteiger partial charge in [-0.25, -0.2) is 0 Å². The third kappa shape index (κ3) is 10.3. The third-order valence-corrected chi connectivity index (χ3v) is 69.4. The Morgan fingerprint density at radius 3 is 1.11 bits per heavy atom. The summed E-state index contributed by atoms with van der Waals surface area (Å²) in [6, 6.07) is 33.4. The van der Waals surface area contributed by atoms with E-state index in [2.05, 4.69) is 166 Å². The van der Waals surface area contributed by atoms with Gasteiger partial charge in [0.05, 0.1) is 0 Å². The normalized spacial score (nSPS) is 22.3. The molecule has 4 aromatic rings. The van der Waals surface area contributed by atoms with Gasteiger partial charge in [0.2, 0.25) is 0 Å². The zero-order valence-electron chi connectivity index (χ0n) is 43.0. The molecule has 2 atom stereocenters. The van der Waals surface area contributed by atoms with Crippen molar-refractivity contribution >= 4 is 35.1 Å². The summed E-state index contributed by atoms with van der Waals surface area (Å²) in [6.45, 7) is 24.3. The SMILES string of the molecule is C[SiH](C)[Zr]([Cl])([Cl])([CH]1C(CC2(C)CCCCCCCC2)=Cc2c(-c3ccc(C(C)(C)C)cc3)cccc21)[CH]1C(CC2(C)CCCCCCCC2)=Cc2c(-c3ccc(C(C)(C)C)cc3)cccc21. The number of halogens is 2. The van der Waals surface area contributed by atoms with E-state index in [0.29, 0.717) is 0 Å². The minimum atomic E-state index is -5.18. The fourth-order valence-electron chi connectivity index (χ4n) is 13.4. The van der Waals surface area contributed by atoms with Crippen molar-refractivity contribution in [2.75, 3.05) is 0 Å². The van der Waals surface area contributed by atoms with Gasteiger partial charge in [0.1, 0.15) is 0 Å². The zero-order chi connectivity index (χ0) is 47.1. The first-order valence-corrected chi connectivity index (χ1v) is 43.0. The van der Waals surface area contributed by atoms with E-state index in [1.807, 2.05) is 0 Å². The van der Waals surface area contributed by atoms with Crippen molar-refractivity contribution in [2.24, 2.45) is 10.8 Å². The molecule has 4 heteroatoms. The van der Waals surface area contributed by atoms with Gasteiger partial charge in [-0.15, -0.1) is 0 Å². The van der Waals surface area contributed by atoms with Crippen LogP contribution in [0.2, 0.25) is 13.1 Å². The van der Waals surface area contributed by atoms with E-state index < -0.39 is 21.5 Å². The van der Waals surface area contributed by atoms with E-state index >= 15 is 0 Å². The van der Waals surface area contributed by atoms with Crippen LogP contribution in [-0.4, -0.2) is 5.92 Å². The van der Waals surface area contributed by atoms with Crippen LogP contribution in [0.15, 0.2) is 96.1 Å². The minimum absolute atomic E-state index is 0.0807. The topological polar surface area (TPSA) is 0 Å². The molecule has 0 amide bonds. The third-order valence-electron chi connectivity index (χ3n) is 17.5. The summed E-state index contributed by atoms with van der Waals surface area (Å²) >= 11 is -5.18.